The van der Waals surface area contributed by atoms with Crippen molar-refractivity contribution in [3.05, 3.63) is 33.8 Å². The molecule has 1 unspecified atom stereocenters. The highest BCUT2D eigenvalue weighted by molar-refractivity contribution is 6.36. The van der Waals surface area contributed by atoms with Gasteiger partial charge in [-0.15, -0.1) is 0 Å². The van der Waals surface area contributed by atoms with Crippen molar-refractivity contribution in [2.75, 3.05) is 0 Å². The number of benzene rings is 1. The van der Waals surface area contributed by atoms with E-state index >= 15 is 0 Å². The SMILES string of the molecule is CC(N)CC(=O)Cc1c(Cl)cccc1Cl. The molecule has 82 valence electrons. The maximum Gasteiger partial charge on any atom is 0.138 e. The Kier molecular flexibility index (Phi) is 4.58. The van der Waals surface area contributed by atoms with Crippen LogP contribution in [0.2, 0.25) is 10.0 Å². The van der Waals surface area contributed by atoms with E-state index < -0.39 is 0 Å². The molecule has 4 heteroatoms. The van der Waals surface area contributed by atoms with Gasteiger partial charge in [0.05, 0.1) is 0 Å². The molecule has 2 nitrogen and oxygen atoms in total. The predicted octanol–water partition coefficient (Wildman–Crippen LogP) is 2.84. The van der Waals surface area contributed by atoms with E-state index in [1.807, 2.05) is 0 Å². The summed E-state index contributed by atoms with van der Waals surface area (Å²) in [4.78, 5) is 11.5. The highest BCUT2D eigenvalue weighted by atomic mass is 35.5. The van der Waals surface area contributed by atoms with Crippen molar-refractivity contribution < 1.29 is 4.79 Å². The minimum absolute atomic E-state index is 0.0556. The fourth-order valence-electron chi connectivity index (χ4n) is 1.33. The molecule has 0 heterocycles. The van der Waals surface area contributed by atoms with Gasteiger partial charge in [-0.3, -0.25) is 4.79 Å². The molecule has 15 heavy (non-hydrogen) atoms. The van der Waals surface area contributed by atoms with Crippen molar-refractivity contribution in [3.8, 4) is 0 Å². The largest absolute Gasteiger partial charge is 0.328 e. The van der Waals surface area contributed by atoms with Crippen LogP contribution in [0.3, 0.4) is 0 Å². The summed E-state index contributed by atoms with van der Waals surface area (Å²) in [6.45, 7) is 1.80. The summed E-state index contributed by atoms with van der Waals surface area (Å²) in [5.41, 5.74) is 6.22. The molecule has 2 N–H and O–H groups in total. The Morgan fingerprint density at radius 3 is 2.40 bits per heavy atom. The second-order valence-corrected chi connectivity index (χ2v) is 4.41. The predicted molar refractivity (Wildman–Crippen MR) is 63.4 cm³/mol. The highest BCUT2D eigenvalue weighted by Crippen LogP contribution is 2.25. The van der Waals surface area contributed by atoms with E-state index in [-0.39, 0.29) is 18.2 Å². The van der Waals surface area contributed by atoms with Crippen molar-refractivity contribution >= 4 is 29.0 Å². The standard InChI is InChI=1S/C11H13Cl2NO/c1-7(14)5-8(15)6-9-10(12)3-2-4-11(9)13/h2-4,7H,5-6,14H2,1H3. The van der Waals surface area contributed by atoms with Crippen LogP contribution >= 0.6 is 23.2 Å². The number of halogens is 2. The van der Waals surface area contributed by atoms with Crippen LogP contribution in [-0.2, 0) is 11.2 Å². The van der Waals surface area contributed by atoms with Crippen LogP contribution in [0.15, 0.2) is 18.2 Å². The third kappa shape index (κ3) is 3.82. The Morgan fingerprint density at radius 1 is 1.40 bits per heavy atom. The Bertz CT molecular complexity index is 343. The van der Waals surface area contributed by atoms with Gasteiger partial charge in [-0.2, -0.15) is 0 Å². The molecule has 0 aliphatic rings. The lowest BCUT2D eigenvalue weighted by Crippen LogP contribution is -2.20. The van der Waals surface area contributed by atoms with E-state index in [4.69, 9.17) is 28.9 Å². The lowest BCUT2D eigenvalue weighted by Gasteiger charge is -2.07. The van der Waals surface area contributed by atoms with Crippen molar-refractivity contribution in [2.45, 2.75) is 25.8 Å². The summed E-state index contributed by atoms with van der Waals surface area (Å²) in [5.74, 6) is 0.0556. The first-order chi connectivity index (χ1) is 7.00. The molecule has 0 aliphatic carbocycles. The van der Waals surface area contributed by atoms with E-state index in [1.54, 1.807) is 25.1 Å². The molecule has 0 aliphatic heterocycles. The van der Waals surface area contributed by atoms with Gasteiger partial charge < -0.3 is 5.73 Å². The van der Waals surface area contributed by atoms with Crippen LogP contribution < -0.4 is 5.73 Å². The van der Waals surface area contributed by atoms with E-state index in [1.165, 1.54) is 0 Å². The molecule has 0 spiro atoms. The maximum atomic E-state index is 11.5. The molecule has 1 rings (SSSR count). The summed E-state index contributed by atoms with van der Waals surface area (Å²) >= 11 is 11.9. The van der Waals surface area contributed by atoms with Crippen LogP contribution in [0, 0.1) is 0 Å². The summed E-state index contributed by atoms with van der Waals surface area (Å²) in [7, 11) is 0. The number of ketones is 1. The number of hydrogen-bond acceptors (Lipinski definition) is 2. The van der Waals surface area contributed by atoms with E-state index in [0.29, 0.717) is 22.0 Å². The second kappa shape index (κ2) is 5.50. The number of Topliss-reactive ketones (excluding diaryl/α,β-unsaturated/α-hetero) is 1. The van der Waals surface area contributed by atoms with Crippen molar-refractivity contribution in [1.29, 1.82) is 0 Å². The Morgan fingerprint density at radius 2 is 1.93 bits per heavy atom. The van der Waals surface area contributed by atoms with Gasteiger partial charge in [-0.05, 0) is 24.6 Å². The molecule has 0 bridgehead atoms. The van der Waals surface area contributed by atoms with Gasteiger partial charge in [0, 0.05) is 28.9 Å². The zero-order chi connectivity index (χ0) is 11.4. The van der Waals surface area contributed by atoms with Gasteiger partial charge >= 0.3 is 0 Å². The minimum Gasteiger partial charge on any atom is -0.328 e. The highest BCUT2D eigenvalue weighted by Gasteiger charge is 2.11. The van der Waals surface area contributed by atoms with Crippen molar-refractivity contribution in [1.82, 2.24) is 0 Å². The third-order valence-corrected chi connectivity index (χ3v) is 2.69. The van der Waals surface area contributed by atoms with Crippen LogP contribution in [0.4, 0.5) is 0 Å². The van der Waals surface area contributed by atoms with Gasteiger partial charge in [0.1, 0.15) is 5.78 Å². The third-order valence-electron chi connectivity index (χ3n) is 1.99. The molecule has 0 saturated carbocycles. The summed E-state index contributed by atoms with van der Waals surface area (Å²) < 4.78 is 0. The zero-order valence-corrected chi connectivity index (χ0v) is 9.98. The number of nitrogens with two attached hydrogens (primary N) is 1. The Hall–Kier alpha value is -0.570. The first-order valence-electron chi connectivity index (χ1n) is 4.71. The number of rotatable bonds is 4. The molecule has 0 radical (unpaired) electrons. The van der Waals surface area contributed by atoms with Crippen LogP contribution in [-0.4, -0.2) is 11.8 Å². The summed E-state index contributed by atoms with van der Waals surface area (Å²) in [5, 5.41) is 1.06. The lowest BCUT2D eigenvalue weighted by molar-refractivity contribution is -0.118. The van der Waals surface area contributed by atoms with Crippen LogP contribution in [0.1, 0.15) is 18.9 Å². The molecule has 1 aromatic carbocycles. The van der Waals surface area contributed by atoms with Crippen molar-refractivity contribution in [2.24, 2.45) is 5.73 Å². The van der Waals surface area contributed by atoms with Crippen LogP contribution in [0.25, 0.3) is 0 Å². The average molecular weight is 246 g/mol. The average Bonchev–Trinajstić information content (AvgIpc) is 2.10. The van der Waals surface area contributed by atoms with E-state index in [2.05, 4.69) is 0 Å². The van der Waals surface area contributed by atoms with Crippen molar-refractivity contribution in [3.63, 3.8) is 0 Å². The number of carbonyl (C=O) groups excluding carboxylic acids is 1. The van der Waals surface area contributed by atoms with E-state index in [9.17, 15) is 4.79 Å². The monoisotopic (exact) mass is 245 g/mol. The smallest absolute Gasteiger partial charge is 0.138 e. The molecular weight excluding hydrogens is 233 g/mol. The zero-order valence-electron chi connectivity index (χ0n) is 8.47. The quantitative estimate of drug-likeness (QED) is 0.887. The van der Waals surface area contributed by atoms with Gasteiger partial charge in [-0.25, -0.2) is 0 Å². The number of carbonyl (C=O) groups is 1. The Balaban J connectivity index is 2.76. The molecular formula is C11H13Cl2NO. The van der Waals surface area contributed by atoms with Crippen LogP contribution in [0.5, 0.6) is 0 Å². The molecule has 0 aromatic heterocycles. The molecule has 0 amide bonds. The maximum absolute atomic E-state index is 11.5. The second-order valence-electron chi connectivity index (χ2n) is 3.60. The fraction of sp³-hybridized carbons (Fsp3) is 0.364. The molecule has 0 fully saturated rings. The molecule has 1 atom stereocenters. The normalized spacial score (nSPS) is 12.5. The summed E-state index contributed by atoms with van der Waals surface area (Å²) in [6.07, 6.45) is 0.599. The fourth-order valence-corrected chi connectivity index (χ4v) is 1.86. The Labute approximate surface area is 99.4 Å². The van der Waals surface area contributed by atoms with Gasteiger partial charge in [-0.1, -0.05) is 29.3 Å². The van der Waals surface area contributed by atoms with Gasteiger partial charge in [0.15, 0.2) is 0 Å². The minimum atomic E-state index is -0.126. The lowest BCUT2D eigenvalue weighted by atomic mass is 10.0. The first-order valence-corrected chi connectivity index (χ1v) is 5.46. The summed E-state index contributed by atoms with van der Waals surface area (Å²) in [6, 6.07) is 5.08. The first kappa shape index (κ1) is 12.5. The topological polar surface area (TPSA) is 43.1 Å². The van der Waals surface area contributed by atoms with Gasteiger partial charge in [0.25, 0.3) is 0 Å². The van der Waals surface area contributed by atoms with E-state index in [0.717, 1.165) is 0 Å². The molecule has 0 saturated heterocycles. The number of hydrogen-bond donors (Lipinski definition) is 1. The van der Waals surface area contributed by atoms with Gasteiger partial charge in [0.2, 0.25) is 0 Å². The molecule has 1 aromatic rings.